The highest BCUT2D eigenvalue weighted by atomic mass is 28.1. The van der Waals surface area contributed by atoms with E-state index in [4.69, 9.17) is 4.74 Å². The van der Waals surface area contributed by atoms with Crippen LogP contribution in [0.25, 0.3) is 0 Å². The fraction of sp³-hybridized carbons (Fsp3) is 0.667. The molecule has 2 atom stereocenters. The zero-order valence-electron chi connectivity index (χ0n) is 7.82. The molecule has 0 aromatic rings. The molecule has 1 aliphatic rings. The van der Waals surface area contributed by atoms with Gasteiger partial charge in [-0.3, -0.25) is 4.79 Å². The molecule has 0 aromatic heterocycles. The van der Waals surface area contributed by atoms with Crippen molar-refractivity contribution in [3.8, 4) is 0 Å². The third-order valence-corrected chi connectivity index (χ3v) is 2.65. The van der Waals surface area contributed by atoms with Crippen LogP contribution in [0.3, 0.4) is 0 Å². The molecule has 13 heavy (non-hydrogen) atoms. The fourth-order valence-corrected chi connectivity index (χ4v) is 2.12. The molecule has 1 heterocycles. The maximum atomic E-state index is 11.4. The first-order valence-corrected chi connectivity index (χ1v) is 4.90. The van der Waals surface area contributed by atoms with E-state index in [-0.39, 0.29) is 11.9 Å². The molecule has 0 aliphatic carbocycles. The van der Waals surface area contributed by atoms with Gasteiger partial charge in [0, 0.05) is 7.11 Å². The van der Waals surface area contributed by atoms with Gasteiger partial charge in [-0.2, -0.15) is 0 Å². The standard InChI is InChI=1S/C9H14NO2Si/c1-3-9(11)10-5-8(13)4-7(10)6-12-2/h3,7-8H,1,4-6H2,2H3/q-1/t7-,8?/m1/s1. The molecule has 1 amide bonds. The van der Waals surface area contributed by atoms with Gasteiger partial charge < -0.3 is 19.9 Å². The highest BCUT2D eigenvalue weighted by Gasteiger charge is 2.27. The zero-order chi connectivity index (χ0) is 9.84. The van der Waals surface area contributed by atoms with E-state index in [0.29, 0.717) is 12.1 Å². The Morgan fingerprint density at radius 1 is 1.85 bits per heavy atom. The van der Waals surface area contributed by atoms with Crippen molar-refractivity contribution >= 4 is 16.1 Å². The minimum Gasteiger partial charge on any atom is -0.666 e. The van der Waals surface area contributed by atoms with E-state index < -0.39 is 0 Å². The zero-order valence-corrected chi connectivity index (χ0v) is 8.82. The molecule has 1 fully saturated rings. The number of carbonyl (C=O) groups is 1. The number of nitrogens with zero attached hydrogens (tertiary/aromatic N) is 1. The minimum absolute atomic E-state index is 0.0113. The first-order chi connectivity index (χ1) is 6.19. The normalized spacial score (nSPS) is 27.7. The number of likely N-dealkylation sites (tertiary alicyclic amines) is 1. The summed E-state index contributed by atoms with van der Waals surface area (Å²) >= 11 is 0. The molecule has 1 saturated heterocycles. The molecule has 72 valence electrons. The van der Waals surface area contributed by atoms with E-state index in [9.17, 15) is 4.79 Å². The van der Waals surface area contributed by atoms with Gasteiger partial charge in [-0.25, -0.2) is 5.54 Å². The van der Waals surface area contributed by atoms with Crippen molar-refractivity contribution in [1.82, 2.24) is 4.90 Å². The van der Waals surface area contributed by atoms with Gasteiger partial charge in [0.2, 0.25) is 5.91 Å². The second-order valence-corrected chi connectivity index (χ2v) is 4.05. The van der Waals surface area contributed by atoms with Crippen LogP contribution in [0.2, 0.25) is 5.54 Å². The van der Waals surface area contributed by atoms with Gasteiger partial charge in [-0.05, 0) is 12.6 Å². The Labute approximate surface area is 82.2 Å². The van der Waals surface area contributed by atoms with Crippen molar-refractivity contribution in [3.05, 3.63) is 12.7 Å². The summed E-state index contributed by atoms with van der Waals surface area (Å²) in [7, 11) is 5.20. The molecule has 0 spiro atoms. The molecular weight excluding hydrogens is 182 g/mol. The van der Waals surface area contributed by atoms with Crippen LogP contribution in [-0.2, 0) is 9.53 Å². The Kier molecular flexibility index (Phi) is 3.68. The summed E-state index contributed by atoms with van der Waals surface area (Å²) in [5, 5.41) is 0. The lowest BCUT2D eigenvalue weighted by molar-refractivity contribution is -0.127. The van der Waals surface area contributed by atoms with Gasteiger partial charge in [-0.15, -0.1) is 0 Å². The van der Waals surface area contributed by atoms with Crippen LogP contribution in [0.5, 0.6) is 0 Å². The lowest BCUT2D eigenvalue weighted by Crippen LogP contribution is -2.36. The molecule has 0 saturated carbocycles. The Bertz CT molecular complexity index is 208. The number of hydrogen-bond donors (Lipinski definition) is 0. The van der Waals surface area contributed by atoms with Crippen LogP contribution < -0.4 is 0 Å². The van der Waals surface area contributed by atoms with Crippen molar-refractivity contribution in [1.29, 1.82) is 0 Å². The van der Waals surface area contributed by atoms with Crippen molar-refractivity contribution in [2.75, 3.05) is 20.3 Å². The van der Waals surface area contributed by atoms with E-state index in [0.717, 1.165) is 13.0 Å². The molecule has 0 N–H and O–H groups in total. The van der Waals surface area contributed by atoms with Crippen molar-refractivity contribution in [3.63, 3.8) is 0 Å². The van der Waals surface area contributed by atoms with Gasteiger partial charge in [0.05, 0.1) is 12.6 Å². The van der Waals surface area contributed by atoms with E-state index in [2.05, 4.69) is 16.8 Å². The molecule has 0 bridgehead atoms. The van der Waals surface area contributed by atoms with Crippen LogP contribution in [0.4, 0.5) is 0 Å². The third kappa shape index (κ3) is 2.41. The van der Waals surface area contributed by atoms with Crippen LogP contribution in [-0.4, -0.2) is 47.4 Å². The Morgan fingerprint density at radius 2 is 2.54 bits per heavy atom. The van der Waals surface area contributed by atoms with Crippen molar-refractivity contribution in [2.24, 2.45) is 0 Å². The number of hydrogen-bond acceptors (Lipinski definition) is 2. The molecule has 1 rings (SSSR count). The highest BCUT2D eigenvalue weighted by molar-refractivity contribution is 6.12. The molecular formula is C9H14NO2Si-. The lowest BCUT2D eigenvalue weighted by Gasteiger charge is -2.23. The third-order valence-electron chi connectivity index (χ3n) is 2.23. The number of methoxy groups -OCH3 is 1. The number of amides is 1. The summed E-state index contributed by atoms with van der Waals surface area (Å²) in [5.41, 5.74) is 0.379. The van der Waals surface area contributed by atoms with Gasteiger partial charge in [-0.1, -0.05) is 13.0 Å². The summed E-state index contributed by atoms with van der Waals surface area (Å²) in [6.07, 6.45) is 2.30. The van der Waals surface area contributed by atoms with Gasteiger partial charge in [0.15, 0.2) is 0 Å². The Hall–Kier alpha value is -0.613. The number of rotatable bonds is 3. The van der Waals surface area contributed by atoms with E-state index in [1.807, 2.05) is 0 Å². The summed E-state index contributed by atoms with van der Waals surface area (Å²) in [6, 6.07) is 0.193. The van der Waals surface area contributed by atoms with Gasteiger partial charge in [0.25, 0.3) is 0 Å². The van der Waals surface area contributed by atoms with Crippen LogP contribution in [0.1, 0.15) is 6.42 Å². The first kappa shape index (κ1) is 10.5. The van der Waals surface area contributed by atoms with E-state index in [1.165, 1.54) is 6.08 Å². The SMILES string of the molecule is C=CC(=O)N1CC([Si-])C[C@@H]1COC. The average molecular weight is 196 g/mol. The van der Waals surface area contributed by atoms with Crippen LogP contribution in [0.15, 0.2) is 12.7 Å². The average Bonchev–Trinajstić information content (AvgIpc) is 2.46. The predicted molar refractivity (Wildman–Crippen MR) is 51.7 cm³/mol. The monoisotopic (exact) mass is 196 g/mol. The second kappa shape index (κ2) is 4.57. The summed E-state index contributed by atoms with van der Waals surface area (Å²) in [6.45, 7) is 4.82. The van der Waals surface area contributed by atoms with E-state index in [1.54, 1.807) is 12.0 Å². The van der Waals surface area contributed by atoms with E-state index >= 15 is 0 Å². The molecule has 1 aliphatic heterocycles. The fourth-order valence-electron chi connectivity index (χ4n) is 1.65. The Morgan fingerprint density at radius 3 is 3.08 bits per heavy atom. The quantitative estimate of drug-likeness (QED) is 0.482. The lowest BCUT2D eigenvalue weighted by atomic mass is 10.2. The number of ether oxygens (including phenoxy) is 1. The van der Waals surface area contributed by atoms with Crippen molar-refractivity contribution in [2.45, 2.75) is 18.0 Å². The topological polar surface area (TPSA) is 29.5 Å². The first-order valence-electron chi connectivity index (χ1n) is 4.32. The smallest absolute Gasteiger partial charge is 0.246 e. The largest absolute Gasteiger partial charge is 0.666 e. The molecule has 0 aromatic carbocycles. The minimum atomic E-state index is -0.0113. The molecule has 1 unspecified atom stereocenters. The van der Waals surface area contributed by atoms with Gasteiger partial charge in [0.1, 0.15) is 0 Å². The van der Waals surface area contributed by atoms with Crippen LogP contribution in [0, 0.1) is 0 Å². The predicted octanol–water partition coefficient (Wildman–Crippen LogP) is 0.377. The maximum absolute atomic E-state index is 11.4. The highest BCUT2D eigenvalue weighted by Crippen LogP contribution is 2.25. The van der Waals surface area contributed by atoms with Gasteiger partial charge >= 0.3 is 0 Å². The molecule has 3 nitrogen and oxygen atoms in total. The van der Waals surface area contributed by atoms with Crippen molar-refractivity contribution < 1.29 is 9.53 Å². The molecule has 4 heteroatoms. The molecule has 2 radical (unpaired) electrons. The summed E-state index contributed by atoms with van der Waals surface area (Å²) in [5.74, 6) is -0.0113. The van der Waals surface area contributed by atoms with Crippen LogP contribution >= 0.6 is 0 Å². The summed E-state index contributed by atoms with van der Waals surface area (Å²) in [4.78, 5) is 13.2. The number of carbonyl (C=O) groups excluding carboxylic acids is 1. The maximum Gasteiger partial charge on any atom is 0.246 e. The second-order valence-electron chi connectivity index (χ2n) is 3.24. The summed E-state index contributed by atoms with van der Waals surface area (Å²) < 4.78 is 5.05. The Balaban J connectivity index is 2.59.